The van der Waals surface area contributed by atoms with Gasteiger partial charge in [-0.1, -0.05) is 39.5 Å². The van der Waals surface area contributed by atoms with Gasteiger partial charge < -0.3 is 51.3 Å². The number of carboxylic acids is 2. The Bertz CT molecular complexity index is 398. The van der Waals surface area contributed by atoms with Crippen molar-refractivity contribution in [2.45, 2.75) is 77.4 Å². The van der Waals surface area contributed by atoms with E-state index in [0.717, 1.165) is 51.6 Å². The molecule has 0 rings (SSSR count). The van der Waals surface area contributed by atoms with Gasteiger partial charge in [-0.15, -0.1) is 0 Å². The fraction of sp³-hybridized carbons (Fsp3) is 0.909. The van der Waals surface area contributed by atoms with Crippen LogP contribution in [0.1, 0.15) is 65.2 Å². The second kappa shape index (κ2) is 30.0. The summed E-state index contributed by atoms with van der Waals surface area (Å²) in [7, 11) is 0. The summed E-state index contributed by atoms with van der Waals surface area (Å²) < 4.78 is 0. The largest absolute Gasteiger partial charge is 2.00 e. The molecule has 0 saturated heterocycles. The predicted molar refractivity (Wildman–Crippen MR) is 128 cm³/mol. The first-order valence-electron chi connectivity index (χ1n) is 11.9. The SMILES string of the molecule is CCCCC(O)CNCCNCCC(=O)[O-].CCCCC(O)CNCCNCCC(=O)[O-].[Ca+2]. The van der Waals surface area contributed by atoms with E-state index >= 15 is 0 Å². The first-order chi connectivity index (χ1) is 15.3. The van der Waals surface area contributed by atoms with E-state index in [2.05, 4.69) is 35.1 Å². The van der Waals surface area contributed by atoms with E-state index in [1.807, 2.05) is 0 Å². The van der Waals surface area contributed by atoms with Crippen LogP contribution in [0.4, 0.5) is 0 Å². The molecule has 0 aromatic heterocycles. The van der Waals surface area contributed by atoms with Crippen LogP contribution in [0.15, 0.2) is 0 Å². The molecule has 0 aromatic rings. The number of aliphatic hydroxyl groups excluding tert-OH is 2. The van der Waals surface area contributed by atoms with Gasteiger partial charge in [0.25, 0.3) is 0 Å². The van der Waals surface area contributed by atoms with Gasteiger partial charge in [0.15, 0.2) is 0 Å². The molecule has 0 bridgehead atoms. The van der Waals surface area contributed by atoms with Crippen LogP contribution in [0.25, 0.3) is 0 Å². The topological polar surface area (TPSA) is 169 Å². The number of carboxylic acid groups (broad SMARTS) is 2. The third-order valence-corrected chi connectivity index (χ3v) is 4.51. The van der Waals surface area contributed by atoms with Gasteiger partial charge in [0.1, 0.15) is 0 Å². The van der Waals surface area contributed by atoms with Crippen molar-refractivity contribution in [1.82, 2.24) is 21.3 Å². The summed E-state index contributed by atoms with van der Waals surface area (Å²) >= 11 is 0. The number of carbonyl (C=O) groups excluding carboxylic acids is 2. The second-order valence-corrected chi connectivity index (χ2v) is 7.74. The van der Waals surface area contributed by atoms with E-state index in [0.29, 0.717) is 39.3 Å². The zero-order chi connectivity index (χ0) is 24.5. The van der Waals surface area contributed by atoms with Crippen LogP contribution in [0.5, 0.6) is 0 Å². The van der Waals surface area contributed by atoms with Crippen LogP contribution in [-0.2, 0) is 9.59 Å². The van der Waals surface area contributed by atoms with Crippen molar-refractivity contribution in [3.63, 3.8) is 0 Å². The van der Waals surface area contributed by atoms with Crippen molar-refractivity contribution in [2.24, 2.45) is 0 Å². The molecule has 0 aliphatic carbocycles. The fourth-order valence-electron chi connectivity index (χ4n) is 2.61. The molecule has 2 unspecified atom stereocenters. The zero-order valence-corrected chi connectivity index (χ0v) is 22.9. The Balaban J connectivity index is -0.000000529. The van der Waals surface area contributed by atoms with E-state index in [1.165, 1.54) is 0 Å². The molecule has 0 fully saturated rings. The average molecular weight is 503 g/mol. The maximum Gasteiger partial charge on any atom is 2.00 e. The predicted octanol–water partition coefficient (Wildman–Crippen LogP) is -2.67. The van der Waals surface area contributed by atoms with Gasteiger partial charge >= 0.3 is 37.7 Å². The van der Waals surface area contributed by atoms with Crippen LogP contribution in [0, 0.1) is 0 Å². The number of carbonyl (C=O) groups is 2. The molecule has 0 amide bonds. The molecule has 192 valence electrons. The standard InChI is InChI=1S/2C11H24N2O3.Ca/c2*1-2-3-4-10(14)9-13-8-7-12-6-5-11(15)16;/h2*10,12-14H,2-9H2,1H3,(H,15,16);/q;;+2/p-2. The Morgan fingerprint density at radius 1 is 0.667 bits per heavy atom. The molecule has 0 radical (unpaired) electrons. The summed E-state index contributed by atoms with van der Waals surface area (Å²) in [5.41, 5.74) is 0. The molecular formula is C22H46CaN4O6. The fourth-order valence-corrected chi connectivity index (χ4v) is 2.61. The van der Waals surface area contributed by atoms with Crippen molar-refractivity contribution in [2.75, 3.05) is 52.4 Å². The number of aliphatic carboxylic acids is 2. The minimum atomic E-state index is -1.03. The molecule has 0 spiro atoms. The molecule has 2 atom stereocenters. The van der Waals surface area contributed by atoms with Crippen molar-refractivity contribution in [3.8, 4) is 0 Å². The number of nitrogens with one attached hydrogen (secondary N) is 4. The molecule has 0 aromatic carbocycles. The summed E-state index contributed by atoms with van der Waals surface area (Å²) in [4.78, 5) is 20.2. The van der Waals surface area contributed by atoms with Gasteiger partial charge in [-0.2, -0.15) is 0 Å². The Labute approximate surface area is 229 Å². The number of aliphatic hydroxyl groups is 2. The third kappa shape index (κ3) is 36.7. The number of unbranched alkanes of at least 4 members (excludes halogenated alkanes) is 2. The van der Waals surface area contributed by atoms with Gasteiger partial charge in [0.2, 0.25) is 0 Å². The smallest absolute Gasteiger partial charge is 0.550 e. The molecule has 0 heterocycles. The van der Waals surface area contributed by atoms with Crippen molar-refractivity contribution >= 4 is 49.7 Å². The van der Waals surface area contributed by atoms with Gasteiger partial charge in [-0.3, -0.25) is 0 Å². The van der Waals surface area contributed by atoms with Gasteiger partial charge in [-0.25, -0.2) is 0 Å². The first-order valence-corrected chi connectivity index (χ1v) is 11.9. The van der Waals surface area contributed by atoms with E-state index in [1.54, 1.807) is 0 Å². The van der Waals surface area contributed by atoms with Crippen LogP contribution < -0.4 is 31.5 Å². The minimum Gasteiger partial charge on any atom is -0.550 e. The van der Waals surface area contributed by atoms with Gasteiger partial charge in [-0.05, 0) is 25.7 Å². The van der Waals surface area contributed by atoms with Crippen molar-refractivity contribution < 1.29 is 30.0 Å². The van der Waals surface area contributed by atoms with E-state index in [4.69, 9.17) is 0 Å². The maximum absolute atomic E-state index is 10.1. The van der Waals surface area contributed by atoms with E-state index in [9.17, 15) is 30.0 Å². The quantitative estimate of drug-likeness (QED) is 0.0678. The molecule has 33 heavy (non-hydrogen) atoms. The summed E-state index contributed by atoms with van der Waals surface area (Å²) in [6.45, 7) is 9.13. The van der Waals surface area contributed by atoms with Crippen molar-refractivity contribution in [3.05, 3.63) is 0 Å². The van der Waals surface area contributed by atoms with Crippen LogP contribution in [0.2, 0.25) is 0 Å². The summed E-state index contributed by atoms with van der Waals surface area (Å²) in [5.74, 6) is -2.06. The Hall–Kier alpha value is -0.0403. The number of hydrogen-bond donors (Lipinski definition) is 6. The molecule has 6 N–H and O–H groups in total. The first kappa shape index (κ1) is 37.5. The molecular weight excluding hydrogens is 456 g/mol. The molecule has 11 heteroatoms. The monoisotopic (exact) mass is 502 g/mol. The number of hydrogen-bond acceptors (Lipinski definition) is 10. The van der Waals surface area contributed by atoms with Crippen LogP contribution in [0.3, 0.4) is 0 Å². The number of rotatable bonds is 22. The van der Waals surface area contributed by atoms with E-state index < -0.39 is 11.9 Å². The molecule has 10 nitrogen and oxygen atoms in total. The third-order valence-electron chi connectivity index (χ3n) is 4.51. The van der Waals surface area contributed by atoms with Crippen molar-refractivity contribution in [1.29, 1.82) is 0 Å². The molecule has 0 aliphatic rings. The summed E-state index contributed by atoms with van der Waals surface area (Å²) in [6.07, 6.45) is 5.50. The van der Waals surface area contributed by atoms with Crippen LogP contribution >= 0.6 is 0 Å². The summed E-state index contributed by atoms with van der Waals surface area (Å²) in [6, 6.07) is 0. The Morgan fingerprint density at radius 2 is 1.00 bits per heavy atom. The molecule has 0 aliphatic heterocycles. The van der Waals surface area contributed by atoms with Crippen LogP contribution in [-0.4, -0.2) is 124 Å². The zero-order valence-electron chi connectivity index (χ0n) is 20.7. The normalized spacial score (nSPS) is 12.2. The summed E-state index contributed by atoms with van der Waals surface area (Å²) in [5, 5.41) is 51.3. The maximum atomic E-state index is 10.1. The van der Waals surface area contributed by atoms with E-state index in [-0.39, 0.29) is 62.8 Å². The molecule has 0 saturated carbocycles. The average Bonchev–Trinajstić information content (AvgIpc) is 2.74. The minimum absolute atomic E-state index is 0. The Kier molecular flexibility index (Phi) is 34.1. The van der Waals surface area contributed by atoms with Gasteiger partial charge in [0, 0.05) is 64.3 Å². The second-order valence-electron chi connectivity index (χ2n) is 7.74. The Morgan fingerprint density at radius 3 is 1.30 bits per heavy atom. The van der Waals surface area contributed by atoms with Gasteiger partial charge in [0.05, 0.1) is 12.2 Å².